The highest BCUT2D eigenvalue weighted by molar-refractivity contribution is 5.83. The summed E-state index contributed by atoms with van der Waals surface area (Å²) in [5, 5.41) is 11.7. The molecule has 6 nitrogen and oxygen atoms in total. The second-order valence-corrected chi connectivity index (χ2v) is 8.44. The van der Waals surface area contributed by atoms with Crippen LogP contribution in [-0.4, -0.2) is 40.7 Å². The molecule has 29 heavy (non-hydrogen) atoms. The van der Waals surface area contributed by atoms with Gasteiger partial charge in [-0.2, -0.15) is 0 Å². The van der Waals surface area contributed by atoms with E-state index in [2.05, 4.69) is 0 Å². The largest absolute Gasteiger partial charge is 0.481 e. The van der Waals surface area contributed by atoms with Gasteiger partial charge in [-0.05, 0) is 50.3 Å². The number of hydrogen-bond donors (Lipinski definition) is 1. The Balaban J connectivity index is 1.47. The molecular formula is C23H29NO5. The minimum Gasteiger partial charge on any atom is -0.481 e. The number of ether oxygens (including phenoxy) is 1. The molecule has 156 valence electrons. The van der Waals surface area contributed by atoms with Gasteiger partial charge in [0.1, 0.15) is 11.3 Å². The van der Waals surface area contributed by atoms with E-state index in [0.717, 1.165) is 43.1 Å². The lowest BCUT2D eigenvalue weighted by molar-refractivity contribution is -0.149. The molecule has 1 aromatic heterocycles. The van der Waals surface area contributed by atoms with Crippen molar-refractivity contribution in [2.75, 3.05) is 13.1 Å². The molecule has 6 heteroatoms. The first kappa shape index (κ1) is 20.0. The van der Waals surface area contributed by atoms with Crippen molar-refractivity contribution in [1.29, 1.82) is 0 Å². The van der Waals surface area contributed by atoms with Crippen LogP contribution in [0.3, 0.4) is 0 Å². The predicted octanol–water partition coefficient (Wildman–Crippen LogP) is 3.28. The number of carbonyl (C=O) groups excluding carboxylic acids is 1. The highest BCUT2D eigenvalue weighted by Crippen LogP contribution is 2.40. The lowest BCUT2D eigenvalue weighted by Crippen LogP contribution is -2.56. The molecule has 2 heterocycles. The Bertz CT molecular complexity index is 967. The number of carbonyl (C=O) groups is 1. The van der Waals surface area contributed by atoms with Crippen molar-refractivity contribution in [3.63, 3.8) is 0 Å². The molecule has 4 rings (SSSR count). The van der Waals surface area contributed by atoms with E-state index < -0.39 is 11.7 Å². The fourth-order valence-corrected chi connectivity index (χ4v) is 4.86. The number of aryl methyl sites for hydroxylation is 1. The number of benzene rings is 1. The third-order valence-corrected chi connectivity index (χ3v) is 6.58. The van der Waals surface area contributed by atoms with Crippen LogP contribution < -0.4 is 10.4 Å². The van der Waals surface area contributed by atoms with Crippen molar-refractivity contribution in [2.45, 2.75) is 64.1 Å². The molecule has 0 bridgehead atoms. The predicted molar refractivity (Wildman–Crippen MR) is 110 cm³/mol. The Labute approximate surface area is 170 Å². The van der Waals surface area contributed by atoms with Gasteiger partial charge < -0.3 is 19.2 Å². The normalized spacial score (nSPS) is 25.5. The molecule has 1 N–H and O–H groups in total. The Morgan fingerprint density at radius 3 is 2.97 bits per heavy atom. The molecule has 3 atom stereocenters. The molecule has 2 aliphatic rings. The summed E-state index contributed by atoms with van der Waals surface area (Å²) in [6, 6.07) is 6.86. The summed E-state index contributed by atoms with van der Waals surface area (Å²) in [7, 11) is 0. The maximum absolute atomic E-state index is 12.9. The summed E-state index contributed by atoms with van der Waals surface area (Å²) in [5.41, 5.74) is 0.410. The van der Waals surface area contributed by atoms with E-state index in [1.54, 1.807) is 19.1 Å². The fourth-order valence-electron chi connectivity index (χ4n) is 4.86. The van der Waals surface area contributed by atoms with Crippen LogP contribution in [0.5, 0.6) is 5.75 Å². The Hall–Kier alpha value is -2.34. The van der Waals surface area contributed by atoms with Crippen LogP contribution in [0.25, 0.3) is 11.0 Å². The molecule has 1 aromatic carbocycles. The summed E-state index contributed by atoms with van der Waals surface area (Å²) in [5.74, 6) is 0.589. The number of rotatable bonds is 4. The highest BCUT2D eigenvalue weighted by Gasteiger charge is 2.44. The third-order valence-electron chi connectivity index (χ3n) is 6.58. The van der Waals surface area contributed by atoms with Crippen LogP contribution in [0.2, 0.25) is 0 Å². The first-order valence-corrected chi connectivity index (χ1v) is 10.6. The van der Waals surface area contributed by atoms with Crippen LogP contribution in [0, 0.1) is 5.92 Å². The lowest BCUT2D eigenvalue weighted by atomic mass is 9.71. The standard InChI is InChI=1S/C23H29NO5/c1-3-16-12-21(25)29-20-13-18(7-8-19(16)20)28-15(2)22(26)24-11-10-23(27)9-5-4-6-17(23)14-24/h7-8,12-13,15,17,27H,3-6,9-11,14H2,1-2H3/t15-,17+,23-/m1/s1. The topological polar surface area (TPSA) is 80.0 Å². The molecular weight excluding hydrogens is 370 g/mol. The van der Waals surface area contributed by atoms with Crippen molar-refractivity contribution in [3.8, 4) is 5.75 Å². The molecule has 0 unspecified atom stereocenters. The maximum Gasteiger partial charge on any atom is 0.336 e. The molecule has 2 fully saturated rings. The molecule has 2 aromatic rings. The van der Waals surface area contributed by atoms with E-state index in [1.807, 2.05) is 17.9 Å². The van der Waals surface area contributed by atoms with Gasteiger partial charge in [0.05, 0.1) is 5.60 Å². The number of nitrogens with zero attached hydrogens (tertiary/aromatic N) is 1. The number of fused-ring (bicyclic) bond motifs is 2. The van der Waals surface area contributed by atoms with Crippen LogP contribution in [0.1, 0.15) is 51.5 Å². The minimum atomic E-state index is -0.650. The zero-order valence-corrected chi connectivity index (χ0v) is 17.1. The quantitative estimate of drug-likeness (QED) is 0.798. The van der Waals surface area contributed by atoms with E-state index >= 15 is 0 Å². The van der Waals surface area contributed by atoms with Gasteiger partial charge in [0.25, 0.3) is 5.91 Å². The summed E-state index contributed by atoms with van der Waals surface area (Å²) >= 11 is 0. The van der Waals surface area contributed by atoms with Gasteiger partial charge in [0, 0.05) is 36.5 Å². The zero-order chi connectivity index (χ0) is 20.6. The van der Waals surface area contributed by atoms with E-state index in [1.165, 1.54) is 6.07 Å². The second-order valence-electron chi connectivity index (χ2n) is 8.44. The third kappa shape index (κ3) is 3.90. The summed E-state index contributed by atoms with van der Waals surface area (Å²) in [6.45, 7) is 4.89. The molecule has 1 amide bonds. The van der Waals surface area contributed by atoms with Gasteiger partial charge in [0.15, 0.2) is 6.10 Å². The average molecular weight is 399 g/mol. The van der Waals surface area contributed by atoms with Crippen LogP contribution in [0.4, 0.5) is 0 Å². The smallest absolute Gasteiger partial charge is 0.336 e. The molecule has 1 saturated heterocycles. The van der Waals surface area contributed by atoms with E-state index in [9.17, 15) is 14.7 Å². The molecule has 1 saturated carbocycles. The zero-order valence-electron chi connectivity index (χ0n) is 17.1. The van der Waals surface area contributed by atoms with Crippen molar-refractivity contribution in [1.82, 2.24) is 4.90 Å². The maximum atomic E-state index is 12.9. The number of hydrogen-bond acceptors (Lipinski definition) is 5. The number of piperidine rings is 1. The van der Waals surface area contributed by atoms with E-state index in [0.29, 0.717) is 30.8 Å². The average Bonchev–Trinajstić information content (AvgIpc) is 2.71. The van der Waals surface area contributed by atoms with E-state index in [4.69, 9.17) is 9.15 Å². The van der Waals surface area contributed by atoms with Gasteiger partial charge in [-0.3, -0.25) is 4.79 Å². The lowest BCUT2D eigenvalue weighted by Gasteiger charge is -2.47. The van der Waals surface area contributed by atoms with Gasteiger partial charge in [0.2, 0.25) is 0 Å². The van der Waals surface area contributed by atoms with Crippen LogP contribution in [0.15, 0.2) is 33.5 Å². The number of likely N-dealkylation sites (tertiary alicyclic amines) is 1. The van der Waals surface area contributed by atoms with Gasteiger partial charge >= 0.3 is 5.63 Å². The molecule has 0 radical (unpaired) electrons. The monoisotopic (exact) mass is 399 g/mol. The van der Waals surface area contributed by atoms with Gasteiger partial charge in [-0.25, -0.2) is 4.79 Å². The number of amides is 1. The molecule has 1 aliphatic heterocycles. The van der Waals surface area contributed by atoms with Crippen molar-refractivity contribution in [2.24, 2.45) is 5.92 Å². The fraction of sp³-hybridized carbons (Fsp3) is 0.565. The van der Waals surface area contributed by atoms with Crippen molar-refractivity contribution < 1.29 is 19.1 Å². The first-order valence-electron chi connectivity index (χ1n) is 10.6. The minimum absolute atomic E-state index is 0.0681. The van der Waals surface area contributed by atoms with E-state index in [-0.39, 0.29) is 17.5 Å². The van der Waals surface area contributed by atoms with Crippen molar-refractivity contribution in [3.05, 3.63) is 40.2 Å². The summed E-state index contributed by atoms with van der Waals surface area (Å²) < 4.78 is 11.2. The van der Waals surface area contributed by atoms with Gasteiger partial charge in [-0.1, -0.05) is 19.8 Å². The molecule has 0 spiro atoms. The number of aliphatic hydroxyl groups is 1. The summed E-state index contributed by atoms with van der Waals surface area (Å²) in [6.07, 6.45) is 4.72. The first-order chi connectivity index (χ1) is 13.9. The second kappa shape index (κ2) is 7.82. The van der Waals surface area contributed by atoms with Crippen LogP contribution in [-0.2, 0) is 11.2 Å². The Morgan fingerprint density at radius 2 is 2.17 bits per heavy atom. The molecule has 1 aliphatic carbocycles. The summed E-state index contributed by atoms with van der Waals surface area (Å²) in [4.78, 5) is 26.5. The van der Waals surface area contributed by atoms with Gasteiger partial charge in [-0.15, -0.1) is 0 Å². The van der Waals surface area contributed by atoms with Crippen molar-refractivity contribution >= 4 is 16.9 Å². The SMILES string of the molecule is CCc1cc(=O)oc2cc(O[C@H](C)C(=O)N3CC[C@]4(O)CCCC[C@H]4C3)ccc12. The Morgan fingerprint density at radius 1 is 1.34 bits per heavy atom. The highest BCUT2D eigenvalue weighted by atomic mass is 16.5. The Kier molecular flexibility index (Phi) is 5.38. The van der Waals surface area contributed by atoms with Crippen LogP contribution >= 0.6 is 0 Å².